The van der Waals surface area contributed by atoms with Crippen molar-refractivity contribution in [2.45, 2.75) is 31.3 Å². The molecule has 0 heterocycles. The highest BCUT2D eigenvalue weighted by molar-refractivity contribution is 5.89. The summed E-state index contributed by atoms with van der Waals surface area (Å²) in [6.07, 6.45) is 0.104. The molecule has 1 aliphatic rings. The first-order chi connectivity index (χ1) is 14.4. The number of fused-ring (bicyclic) bond motifs is 3. The van der Waals surface area contributed by atoms with Crippen LogP contribution in [0, 0.1) is 0 Å². The Kier molecular flexibility index (Phi) is 6.51. The number of carboxylic acids is 1. The smallest absolute Gasteiger partial charge is 0.407 e. The molecule has 0 saturated heterocycles. The number of rotatable bonds is 8. The molecule has 7 nitrogen and oxygen atoms in total. The fourth-order valence-corrected chi connectivity index (χ4v) is 3.55. The maximum absolute atomic E-state index is 12.3. The van der Waals surface area contributed by atoms with E-state index in [1.807, 2.05) is 48.5 Å². The molecular formula is C23H24N2O5. The molecule has 156 valence electrons. The molecule has 3 N–H and O–H groups in total. The Morgan fingerprint density at radius 3 is 2.17 bits per heavy atom. The van der Waals surface area contributed by atoms with Crippen molar-refractivity contribution in [2.24, 2.45) is 0 Å². The predicted octanol–water partition coefficient (Wildman–Crippen LogP) is 3.06. The maximum atomic E-state index is 12.3. The number of alkyl carbamates (subject to hydrolysis) is 1. The molecular weight excluding hydrogens is 384 g/mol. The van der Waals surface area contributed by atoms with E-state index in [-0.39, 0.29) is 18.6 Å². The molecule has 3 rings (SSSR count). The number of nitrogens with one attached hydrogen (secondary N) is 2. The molecule has 2 unspecified atom stereocenters. The Labute approximate surface area is 174 Å². The Morgan fingerprint density at radius 1 is 1.07 bits per heavy atom. The van der Waals surface area contributed by atoms with E-state index in [2.05, 4.69) is 17.2 Å². The summed E-state index contributed by atoms with van der Waals surface area (Å²) in [4.78, 5) is 35.7. The number of aliphatic carboxylic acids is 1. The SMILES string of the molecule is C=CC(C)NC(=O)C(CC(=O)O)NC(=O)OCC1c2ccccc2-c2ccccc21. The Bertz CT molecular complexity index is 926. The van der Waals surface area contributed by atoms with Crippen LogP contribution in [0.3, 0.4) is 0 Å². The number of hydrogen-bond acceptors (Lipinski definition) is 4. The first-order valence-electron chi connectivity index (χ1n) is 9.67. The lowest BCUT2D eigenvalue weighted by molar-refractivity contribution is -0.139. The van der Waals surface area contributed by atoms with Gasteiger partial charge in [0.05, 0.1) is 6.42 Å². The van der Waals surface area contributed by atoms with E-state index in [0.717, 1.165) is 22.3 Å². The molecule has 0 saturated carbocycles. The highest BCUT2D eigenvalue weighted by Crippen LogP contribution is 2.44. The molecule has 30 heavy (non-hydrogen) atoms. The summed E-state index contributed by atoms with van der Waals surface area (Å²) in [6, 6.07) is 14.2. The van der Waals surface area contributed by atoms with Gasteiger partial charge in [0, 0.05) is 12.0 Å². The number of hydrogen-bond donors (Lipinski definition) is 3. The van der Waals surface area contributed by atoms with Crippen molar-refractivity contribution in [1.82, 2.24) is 10.6 Å². The quantitative estimate of drug-likeness (QED) is 0.583. The number of benzene rings is 2. The zero-order valence-electron chi connectivity index (χ0n) is 16.6. The predicted molar refractivity (Wildman–Crippen MR) is 112 cm³/mol. The van der Waals surface area contributed by atoms with Gasteiger partial charge >= 0.3 is 12.1 Å². The minimum absolute atomic E-state index is 0.0737. The molecule has 1 aliphatic carbocycles. The summed E-state index contributed by atoms with van der Waals surface area (Å²) in [7, 11) is 0. The van der Waals surface area contributed by atoms with Crippen LogP contribution in [0.2, 0.25) is 0 Å². The van der Waals surface area contributed by atoms with Gasteiger partial charge in [0.1, 0.15) is 12.6 Å². The van der Waals surface area contributed by atoms with Crippen molar-refractivity contribution in [3.63, 3.8) is 0 Å². The third kappa shape index (κ3) is 4.68. The standard InChI is InChI=1S/C23H24N2O5/c1-3-14(2)24-22(28)20(12-21(26)27)25-23(29)30-13-19-17-10-6-4-8-15(17)16-9-5-7-11-18(16)19/h3-11,14,19-20H,1,12-13H2,2H3,(H,24,28)(H,25,29)(H,26,27). The Balaban J connectivity index is 1.68. The van der Waals surface area contributed by atoms with Crippen molar-refractivity contribution < 1.29 is 24.2 Å². The van der Waals surface area contributed by atoms with E-state index in [1.165, 1.54) is 6.08 Å². The molecule has 7 heteroatoms. The zero-order chi connectivity index (χ0) is 21.7. The summed E-state index contributed by atoms with van der Waals surface area (Å²) >= 11 is 0. The number of carbonyl (C=O) groups is 3. The van der Waals surface area contributed by atoms with Gasteiger partial charge in [-0.05, 0) is 29.2 Å². The number of carboxylic acid groups (broad SMARTS) is 1. The normalized spacial score (nSPS) is 14.0. The van der Waals surface area contributed by atoms with E-state index < -0.39 is 30.4 Å². The maximum Gasteiger partial charge on any atom is 0.407 e. The summed E-state index contributed by atoms with van der Waals surface area (Å²) in [5, 5.41) is 14.0. The lowest BCUT2D eigenvalue weighted by Crippen LogP contribution is -2.49. The second-order valence-electron chi connectivity index (χ2n) is 7.15. The fraction of sp³-hybridized carbons (Fsp3) is 0.261. The minimum Gasteiger partial charge on any atom is -0.481 e. The van der Waals surface area contributed by atoms with Crippen molar-refractivity contribution in [1.29, 1.82) is 0 Å². The van der Waals surface area contributed by atoms with Crippen molar-refractivity contribution in [2.75, 3.05) is 6.61 Å². The van der Waals surface area contributed by atoms with Crippen molar-refractivity contribution in [3.8, 4) is 11.1 Å². The van der Waals surface area contributed by atoms with Crippen LogP contribution >= 0.6 is 0 Å². The van der Waals surface area contributed by atoms with Crippen LogP contribution in [-0.2, 0) is 14.3 Å². The topological polar surface area (TPSA) is 105 Å². The third-order valence-electron chi connectivity index (χ3n) is 5.05. The van der Waals surface area contributed by atoms with Crippen LogP contribution in [0.5, 0.6) is 0 Å². The molecule has 0 aliphatic heterocycles. The van der Waals surface area contributed by atoms with E-state index in [1.54, 1.807) is 6.92 Å². The number of ether oxygens (including phenoxy) is 1. The summed E-state index contributed by atoms with van der Waals surface area (Å²) in [5.41, 5.74) is 4.32. The molecule has 0 bridgehead atoms. The first-order valence-corrected chi connectivity index (χ1v) is 9.67. The van der Waals surface area contributed by atoms with Crippen LogP contribution in [0.15, 0.2) is 61.2 Å². The van der Waals surface area contributed by atoms with Crippen LogP contribution in [0.25, 0.3) is 11.1 Å². The lowest BCUT2D eigenvalue weighted by Gasteiger charge is -2.20. The van der Waals surface area contributed by atoms with Gasteiger partial charge in [-0.2, -0.15) is 0 Å². The second-order valence-corrected chi connectivity index (χ2v) is 7.15. The van der Waals surface area contributed by atoms with Crippen LogP contribution in [-0.4, -0.2) is 41.8 Å². The zero-order valence-corrected chi connectivity index (χ0v) is 16.6. The minimum atomic E-state index is -1.25. The molecule has 2 amide bonds. The van der Waals surface area contributed by atoms with Gasteiger partial charge in [-0.15, -0.1) is 6.58 Å². The average Bonchev–Trinajstić information content (AvgIpc) is 3.05. The molecule has 2 atom stereocenters. The first kappa shape index (κ1) is 21.1. The van der Waals surface area contributed by atoms with Gasteiger partial charge in [0.15, 0.2) is 0 Å². The monoisotopic (exact) mass is 408 g/mol. The summed E-state index contributed by atoms with van der Waals surface area (Å²) in [6.45, 7) is 5.33. The number of amides is 2. The van der Waals surface area contributed by atoms with Crippen LogP contribution < -0.4 is 10.6 Å². The average molecular weight is 408 g/mol. The van der Waals surface area contributed by atoms with E-state index in [4.69, 9.17) is 9.84 Å². The third-order valence-corrected chi connectivity index (χ3v) is 5.05. The molecule has 0 aromatic heterocycles. The largest absolute Gasteiger partial charge is 0.481 e. The second kappa shape index (κ2) is 9.26. The van der Waals surface area contributed by atoms with E-state index in [9.17, 15) is 14.4 Å². The molecule has 2 aromatic carbocycles. The van der Waals surface area contributed by atoms with Gasteiger partial charge in [0.2, 0.25) is 5.91 Å². The summed E-state index contributed by atoms with van der Waals surface area (Å²) in [5.74, 6) is -1.95. The summed E-state index contributed by atoms with van der Waals surface area (Å²) < 4.78 is 5.39. The molecule has 2 aromatic rings. The van der Waals surface area contributed by atoms with Gasteiger partial charge in [-0.3, -0.25) is 9.59 Å². The van der Waals surface area contributed by atoms with Gasteiger partial charge < -0.3 is 20.5 Å². The highest BCUT2D eigenvalue weighted by Gasteiger charge is 2.30. The van der Waals surface area contributed by atoms with E-state index >= 15 is 0 Å². The number of carbonyl (C=O) groups excluding carboxylic acids is 2. The fourth-order valence-electron chi connectivity index (χ4n) is 3.55. The van der Waals surface area contributed by atoms with Crippen molar-refractivity contribution in [3.05, 3.63) is 72.3 Å². The van der Waals surface area contributed by atoms with Gasteiger partial charge in [-0.25, -0.2) is 4.79 Å². The lowest BCUT2D eigenvalue weighted by atomic mass is 9.98. The van der Waals surface area contributed by atoms with Gasteiger partial charge in [-0.1, -0.05) is 54.6 Å². The molecule has 0 fully saturated rings. The van der Waals surface area contributed by atoms with Gasteiger partial charge in [0.25, 0.3) is 0 Å². The van der Waals surface area contributed by atoms with Crippen LogP contribution in [0.1, 0.15) is 30.4 Å². The van der Waals surface area contributed by atoms with E-state index in [0.29, 0.717) is 0 Å². The molecule has 0 radical (unpaired) electrons. The van der Waals surface area contributed by atoms with Crippen molar-refractivity contribution >= 4 is 18.0 Å². The molecule has 0 spiro atoms. The Hall–Kier alpha value is -3.61. The highest BCUT2D eigenvalue weighted by atomic mass is 16.5. The Morgan fingerprint density at radius 2 is 1.63 bits per heavy atom. The van der Waals surface area contributed by atoms with Crippen LogP contribution in [0.4, 0.5) is 4.79 Å².